The summed E-state index contributed by atoms with van der Waals surface area (Å²) in [5.41, 5.74) is 1.24. The second-order valence-electron chi connectivity index (χ2n) is 7.36. The van der Waals surface area contributed by atoms with Gasteiger partial charge < -0.3 is 15.1 Å². The Hall–Kier alpha value is -2.18. The van der Waals surface area contributed by atoms with Crippen molar-refractivity contribution in [2.75, 3.05) is 26.2 Å². The SMILES string of the molecule is Cc1cc(C(=O)N2CCCN(C(=O)NC3CCCCC3)CC2)nc(C)n1. The molecule has 26 heavy (non-hydrogen) atoms. The lowest BCUT2D eigenvalue weighted by Crippen LogP contribution is -2.47. The number of amides is 3. The maximum absolute atomic E-state index is 12.8. The molecule has 1 saturated heterocycles. The largest absolute Gasteiger partial charge is 0.335 e. The molecule has 2 aliphatic rings. The van der Waals surface area contributed by atoms with E-state index in [1.165, 1.54) is 19.3 Å². The fourth-order valence-electron chi connectivity index (χ4n) is 3.82. The van der Waals surface area contributed by atoms with Crippen LogP contribution in [-0.4, -0.2) is 63.9 Å². The highest BCUT2D eigenvalue weighted by Gasteiger charge is 2.25. The van der Waals surface area contributed by atoms with Crippen molar-refractivity contribution in [2.24, 2.45) is 0 Å². The average molecular weight is 359 g/mol. The Bertz CT molecular complexity index is 637. The van der Waals surface area contributed by atoms with Crippen LogP contribution in [0.15, 0.2) is 6.07 Å². The molecule has 1 aliphatic carbocycles. The van der Waals surface area contributed by atoms with Crippen molar-refractivity contribution in [3.8, 4) is 0 Å². The van der Waals surface area contributed by atoms with Gasteiger partial charge in [-0.2, -0.15) is 0 Å². The van der Waals surface area contributed by atoms with Gasteiger partial charge in [-0.1, -0.05) is 19.3 Å². The number of carbonyl (C=O) groups excluding carboxylic acids is 2. The zero-order valence-corrected chi connectivity index (χ0v) is 15.8. The van der Waals surface area contributed by atoms with Crippen molar-refractivity contribution >= 4 is 11.9 Å². The van der Waals surface area contributed by atoms with Gasteiger partial charge in [0.1, 0.15) is 11.5 Å². The normalized spacial score (nSPS) is 19.2. The van der Waals surface area contributed by atoms with Gasteiger partial charge in [0, 0.05) is 37.9 Å². The Labute approximate surface area is 155 Å². The lowest BCUT2D eigenvalue weighted by molar-refractivity contribution is 0.0755. The molecule has 1 aromatic heterocycles. The van der Waals surface area contributed by atoms with Crippen molar-refractivity contribution in [3.63, 3.8) is 0 Å². The number of hydrogen-bond acceptors (Lipinski definition) is 4. The van der Waals surface area contributed by atoms with Crippen LogP contribution in [0.4, 0.5) is 4.79 Å². The fraction of sp³-hybridized carbons (Fsp3) is 0.684. The van der Waals surface area contributed by atoms with Crippen molar-refractivity contribution in [1.29, 1.82) is 0 Å². The molecule has 142 valence electrons. The number of carbonyl (C=O) groups is 2. The first-order valence-electron chi connectivity index (χ1n) is 9.70. The van der Waals surface area contributed by atoms with Crippen LogP contribution in [0.1, 0.15) is 60.5 Å². The Kier molecular flexibility index (Phi) is 6.06. The van der Waals surface area contributed by atoms with E-state index < -0.39 is 0 Å². The van der Waals surface area contributed by atoms with Gasteiger partial charge in [0.2, 0.25) is 0 Å². The highest BCUT2D eigenvalue weighted by Crippen LogP contribution is 2.18. The lowest BCUT2D eigenvalue weighted by Gasteiger charge is -2.27. The molecule has 0 radical (unpaired) electrons. The number of aromatic nitrogens is 2. The molecule has 0 bridgehead atoms. The van der Waals surface area contributed by atoms with Crippen LogP contribution in [-0.2, 0) is 0 Å². The molecule has 7 heteroatoms. The molecule has 0 unspecified atom stereocenters. The molecule has 1 aliphatic heterocycles. The minimum absolute atomic E-state index is 0.0138. The Balaban J connectivity index is 1.57. The maximum Gasteiger partial charge on any atom is 0.317 e. The molecule has 3 rings (SSSR count). The molecule has 2 fully saturated rings. The van der Waals surface area contributed by atoms with Crippen LogP contribution < -0.4 is 5.32 Å². The Morgan fingerprint density at radius 3 is 2.38 bits per heavy atom. The van der Waals surface area contributed by atoms with E-state index >= 15 is 0 Å². The first-order valence-corrected chi connectivity index (χ1v) is 9.70. The fourth-order valence-corrected chi connectivity index (χ4v) is 3.82. The summed E-state index contributed by atoms with van der Waals surface area (Å²) in [7, 11) is 0. The third kappa shape index (κ3) is 4.71. The highest BCUT2D eigenvalue weighted by atomic mass is 16.2. The van der Waals surface area contributed by atoms with Crippen molar-refractivity contribution in [1.82, 2.24) is 25.1 Å². The van der Waals surface area contributed by atoms with Crippen LogP contribution in [0.25, 0.3) is 0 Å². The van der Waals surface area contributed by atoms with Gasteiger partial charge >= 0.3 is 6.03 Å². The average Bonchev–Trinajstić information content (AvgIpc) is 2.87. The molecule has 1 aromatic rings. The maximum atomic E-state index is 12.8. The first kappa shape index (κ1) is 18.6. The standard InChI is InChI=1S/C19H29N5O2/c1-14-13-17(21-15(2)20-14)18(25)23-9-6-10-24(12-11-23)19(26)22-16-7-4-3-5-8-16/h13,16H,3-12H2,1-2H3,(H,22,26). The highest BCUT2D eigenvalue weighted by molar-refractivity contribution is 5.92. The third-order valence-corrected chi connectivity index (χ3v) is 5.19. The lowest BCUT2D eigenvalue weighted by atomic mass is 9.96. The monoisotopic (exact) mass is 359 g/mol. The number of urea groups is 1. The molecule has 0 aromatic carbocycles. The molecule has 0 spiro atoms. The van der Waals surface area contributed by atoms with Crippen LogP contribution in [0.3, 0.4) is 0 Å². The Morgan fingerprint density at radius 1 is 0.962 bits per heavy atom. The van der Waals surface area contributed by atoms with Gasteiger partial charge in [0.05, 0.1) is 0 Å². The number of rotatable bonds is 2. The zero-order valence-electron chi connectivity index (χ0n) is 15.8. The second kappa shape index (κ2) is 8.47. The summed E-state index contributed by atoms with van der Waals surface area (Å²) in [6.45, 7) is 6.10. The summed E-state index contributed by atoms with van der Waals surface area (Å²) < 4.78 is 0. The summed E-state index contributed by atoms with van der Waals surface area (Å²) >= 11 is 0. The van der Waals surface area contributed by atoms with Crippen molar-refractivity contribution < 1.29 is 9.59 Å². The Morgan fingerprint density at radius 2 is 1.65 bits per heavy atom. The van der Waals surface area contributed by atoms with E-state index in [1.54, 1.807) is 17.9 Å². The molecular weight excluding hydrogens is 330 g/mol. The number of aryl methyl sites for hydroxylation is 2. The molecule has 7 nitrogen and oxygen atoms in total. The number of nitrogens with zero attached hydrogens (tertiary/aromatic N) is 4. The van der Waals surface area contributed by atoms with E-state index in [-0.39, 0.29) is 11.9 Å². The smallest absolute Gasteiger partial charge is 0.317 e. The van der Waals surface area contributed by atoms with Crippen LogP contribution in [0, 0.1) is 13.8 Å². The molecule has 0 atom stereocenters. The summed E-state index contributed by atoms with van der Waals surface area (Å²) in [5, 5.41) is 3.17. The molecular formula is C19H29N5O2. The van der Waals surface area contributed by atoms with E-state index in [0.717, 1.165) is 25.0 Å². The quantitative estimate of drug-likeness (QED) is 0.879. The third-order valence-electron chi connectivity index (χ3n) is 5.19. The van der Waals surface area contributed by atoms with Gasteiger partial charge in [-0.25, -0.2) is 14.8 Å². The number of hydrogen-bond donors (Lipinski definition) is 1. The second-order valence-corrected chi connectivity index (χ2v) is 7.36. The zero-order chi connectivity index (χ0) is 18.5. The minimum Gasteiger partial charge on any atom is -0.335 e. The predicted molar refractivity (Wildman–Crippen MR) is 99.0 cm³/mol. The van der Waals surface area contributed by atoms with Gasteiger partial charge in [-0.3, -0.25) is 4.79 Å². The van der Waals surface area contributed by atoms with Gasteiger partial charge in [0.15, 0.2) is 0 Å². The van der Waals surface area contributed by atoms with Crippen LogP contribution >= 0.6 is 0 Å². The summed E-state index contributed by atoms with van der Waals surface area (Å²) in [5.74, 6) is 0.532. The van der Waals surface area contributed by atoms with Gasteiger partial charge in [0.25, 0.3) is 5.91 Å². The van der Waals surface area contributed by atoms with E-state index in [4.69, 9.17) is 0 Å². The predicted octanol–water partition coefficient (Wildman–Crippen LogP) is 2.28. The van der Waals surface area contributed by atoms with E-state index in [2.05, 4.69) is 15.3 Å². The van der Waals surface area contributed by atoms with Crippen molar-refractivity contribution in [3.05, 3.63) is 23.3 Å². The number of nitrogens with one attached hydrogen (secondary N) is 1. The van der Waals surface area contributed by atoms with Gasteiger partial charge in [-0.15, -0.1) is 0 Å². The topological polar surface area (TPSA) is 78.4 Å². The van der Waals surface area contributed by atoms with Gasteiger partial charge in [-0.05, 0) is 39.2 Å². The van der Waals surface area contributed by atoms with Crippen molar-refractivity contribution in [2.45, 2.75) is 58.4 Å². The molecule has 1 saturated carbocycles. The summed E-state index contributed by atoms with van der Waals surface area (Å²) in [6, 6.07) is 2.05. The minimum atomic E-state index is -0.0758. The van der Waals surface area contributed by atoms with E-state index in [9.17, 15) is 9.59 Å². The van der Waals surface area contributed by atoms with E-state index in [0.29, 0.717) is 43.7 Å². The first-order chi connectivity index (χ1) is 12.5. The van der Waals surface area contributed by atoms with Crippen LogP contribution in [0.5, 0.6) is 0 Å². The summed E-state index contributed by atoms with van der Waals surface area (Å²) in [4.78, 5) is 37.5. The molecule has 3 amide bonds. The molecule has 1 N–H and O–H groups in total. The molecule has 2 heterocycles. The summed E-state index contributed by atoms with van der Waals surface area (Å²) in [6.07, 6.45) is 6.62. The van der Waals surface area contributed by atoms with E-state index in [1.807, 2.05) is 11.8 Å². The van der Waals surface area contributed by atoms with Crippen LogP contribution in [0.2, 0.25) is 0 Å².